The van der Waals surface area contributed by atoms with Crippen LogP contribution in [-0.2, 0) is 12.8 Å². The summed E-state index contributed by atoms with van der Waals surface area (Å²) in [6, 6.07) is 9.04. The van der Waals surface area contributed by atoms with Gasteiger partial charge in [0.05, 0.1) is 0 Å². The third-order valence-corrected chi connectivity index (χ3v) is 4.40. The van der Waals surface area contributed by atoms with E-state index in [0.29, 0.717) is 5.92 Å². The van der Waals surface area contributed by atoms with Crippen LogP contribution in [0, 0.1) is 5.92 Å². The maximum Gasteiger partial charge on any atom is 0.0110 e. The molecule has 20 heavy (non-hydrogen) atoms. The summed E-state index contributed by atoms with van der Waals surface area (Å²) >= 11 is 0. The summed E-state index contributed by atoms with van der Waals surface area (Å²) < 4.78 is 0. The van der Waals surface area contributed by atoms with E-state index in [1.165, 1.54) is 37.3 Å². The average Bonchev–Trinajstić information content (AvgIpc) is 2.49. The number of piperazine rings is 1. The number of hydrogen-bond donors (Lipinski definition) is 1. The van der Waals surface area contributed by atoms with Crippen molar-refractivity contribution in [2.24, 2.45) is 11.7 Å². The topological polar surface area (TPSA) is 32.5 Å². The van der Waals surface area contributed by atoms with Gasteiger partial charge in [-0.3, -0.25) is 0 Å². The van der Waals surface area contributed by atoms with Gasteiger partial charge in [0, 0.05) is 32.7 Å². The first-order chi connectivity index (χ1) is 9.71. The Morgan fingerprint density at radius 3 is 2.20 bits per heavy atom. The minimum atomic E-state index is 0.575. The predicted octanol–water partition coefficient (Wildman–Crippen LogP) is 1.61. The number of benzene rings is 1. The van der Waals surface area contributed by atoms with E-state index in [9.17, 15) is 0 Å². The molecule has 1 saturated heterocycles. The number of hydrogen-bond acceptors (Lipinski definition) is 3. The van der Waals surface area contributed by atoms with Crippen molar-refractivity contribution >= 4 is 0 Å². The van der Waals surface area contributed by atoms with E-state index in [0.717, 1.165) is 25.9 Å². The number of nitrogens with two attached hydrogens (primary N) is 1. The molecular formula is C17H29N3. The van der Waals surface area contributed by atoms with Crippen LogP contribution in [0.5, 0.6) is 0 Å². The second-order valence-corrected chi connectivity index (χ2v) is 6.08. The van der Waals surface area contributed by atoms with Crippen LogP contribution in [0.1, 0.15) is 18.1 Å². The maximum absolute atomic E-state index is 5.98. The zero-order valence-electron chi connectivity index (χ0n) is 13.0. The van der Waals surface area contributed by atoms with Crippen LogP contribution in [0.4, 0.5) is 0 Å². The first-order valence-corrected chi connectivity index (χ1v) is 7.90. The molecule has 0 saturated carbocycles. The van der Waals surface area contributed by atoms with Crippen LogP contribution >= 0.6 is 0 Å². The molecule has 2 rings (SSSR count). The smallest absolute Gasteiger partial charge is 0.0110 e. The molecule has 1 aliphatic rings. The third kappa shape index (κ3) is 4.58. The molecule has 1 fully saturated rings. The zero-order valence-corrected chi connectivity index (χ0v) is 13.0. The quantitative estimate of drug-likeness (QED) is 0.856. The van der Waals surface area contributed by atoms with Crippen molar-refractivity contribution in [3.05, 3.63) is 35.4 Å². The zero-order chi connectivity index (χ0) is 14.4. The monoisotopic (exact) mass is 275 g/mol. The minimum absolute atomic E-state index is 0.575. The Balaban J connectivity index is 1.84. The van der Waals surface area contributed by atoms with Crippen LogP contribution in [-0.4, -0.2) is 56.1 Å². The van der Waals surface area contributed by atoms with Gasteiger partial charge in [0.15, 0.2) is 0 Å². The van der Waals surface area contributed by atoms with Crippen molar-refractivity contribution in [1.29, 1.82) is 0 Å². The number of nitrogens with zero attached hydrogens (tertiary/aromatic N) is 2. The SMILES string of the molecule is CCc1ccc(CC(CN)CN2CCN(C)CC2)cc1. The van der Waals surface area contributed by atoms with Gasteiger partial charge in [-0.25, -0.2) is 0 Å². The summed E-state index contributed by atoms with van der Waals surface area (Å²) in [6.45, 7) is 8.85. The average molecular weight is 275 g/mol. The standard InChI is InChI=1S/C17H29N3/c1-3-15-4-6-16(7-5-15)12-17(13-18)14-20-10-8-19(2)9-11-20/h4-7,17H,3,8-14,18H2,1-2H3. The van der Waals surface area contributed by atoms with E-state index in [2.05, 4.69) is 48.0 Å². The lowest BCUT2D eigenvalue weighted by atomic mass is 9.97. The van der Waals surface area contributed by atoms with Gasteiger partial charge >= 0.3 is 0 Å². The lowest BCUT2D eigenvalue weighted by Gasteiger charge is -2.34. The van der Waals surface area contributed by atoms with Crippen molar-refractivity contribution in [3.63, 3.8) is 0 Å². The largest absolute Gasteiger partial charge is 0.330 e. The Morgan fingerprint density at radius 2 is 1.65 bits per heavy atom. The highest BCUT2D eigenvalue weighted by Crippen LogP contribution is 2.13. The Hall–Kier alpha value is -0.900. The fourth-order valence-corrected chi connectivity index (χ4v) is 2.86. The highest BCUT2D eigenvalue weighted by atomic mass is 15.2. The van der Waals surface area contributed by atoms with E-state index in [1.54, 1.807) is 0 Å². The van der Waals surface area contributed by atoms with E-state index >= 15 is 0 Å². The minimum Gasteiger partial charge on any atom is -0.330 e. The highest BCUT2D eigenvalue weighted by molar-refractivity contribution is 5.22. The molecule has 1 aromatic rings. The van der Waals surface area contributed by atoms with Gasteiger partial charge in [-0.2, -0.15) is 0 Å². The highest BCUT2D eigenvalue weighted by Gasteiger charge is 2.17. The first-order valence-electron chi connectivity index (χ1n) is 7.90. The lowest BCUT2D eigenvalue weighted by Crippen LogP contribution is -2.47. The fourth-order valence-electron chi connectivity index (χ4n) is 2.86. The second-order valence-electron chi connectivity index (χ2n) is 6.08. The van der Waals surface area contributed by atoms with Gasteiger partial charge in [0.2, 0.25) is 0 Å². The van der Waals surface area contributed by atoms with Crippen LogP contribution in [0.25, 0.3) is 0 Å². The van der Waals surface area contributed by atoms with Crippen LogP contribution in [0.3, 0.4) is 0 Å². The van der Waals surface area contributed by atoms with Gasteiger partial charge in [-0.1, -0.05) is 31.2 Å². The normalized spacial score (nSPS) is 19.1. The first kappa shape index (κ1) is 15.5. The molecule has 2 N–H and O–H groups in total. The molecule has 1 atom stereocenters. The third-order valence-electron chi connectivity index (χ3n) is 4.40. The van der Waals surface area contributed by atoms with Crippen LogP contribution < -0.4 is 5.73 Å². The molecule has 0 aromatic heterocycles. The second kappa shape index (κ2) is 7.77. The van der Waals surface area contributed by atoms with Gasteiger partial charge in [0.1, 0.15) is 0 Å². The number of rotatable bonds is 6. The molecule has 3 heteroatoms. The molecule has 1 unspecified atom stereocenters. The van der Waals surface area contributed by atoms with E-state index in [4.69, 9.17) is 5.73 Å². The molecule has 0 bridgehead atoms. The maximum atomic E-state index is 5.98. The molecule has 0 spiro atoms. The Bertz CT molecular complexity index is 380. The molecule has 1 aliphatic heterocycles. The predicted molar refractivity (Wildman–Crippen MR) is 86.0 cm³/mol. The summed E-state index contributed by atoms with van der Waals surface area (Å²) in [5.41, 5.74) is 8.82. The summed E-state index contributed by atoms with van der Waals surface area (Å²) in [6.07, 6.45) is 2.22. The Morgan fingerprint density at radius 1 is 1.05 bits per heavy atom. The van der Waals surface area contributed by atoms with Crippen molar-refractivity contribution in [3.8, 4) is 0 Å². The summed E-state index contributed by atoms with van der Waals surface area (Å²) in [5, 5.41) is 0. The van der Waals surface area contributed by atoms with Gasteiger partial charge in [0.25, 0.3) is 0 Å². The number of likely N-dealkylation sites (N-methyl/N-ethyl adjacent to an activating group) is 1. The van der Waals surface area contributed by atoms with Gasteiger partial charge in [-0.05, 0) is 43.5 Å². The van der Waals surface area contributed by atoms with E-state index in [-0.39, 0.29) is 0 Å². The van der Waals surface area contributed by atoms with Crippen molar-refractivity contribution < 1.29 is 0 Å². The molecule has 0 aliphatic carbocycles. The van der Waals surface area contributed by atoms with Crippen molar-refractivity contribution in [2.75, 3.05) is 46.3 Å². The van der Waals surface area contributed by atoms with Gasteiger partial charge in [-0.15, -0.1) is 0 Å². The molecule has 0 amide bonds. The summed E-state index contributed by atoms with van der Waals surface area (Å²) in [5.74, 6) is 0.575. The summed E-state index contributed by atoms with van der Waals surface area (Å²) in [4.78, 5) is 4.97. The van der Waals surface area contributed by atoms with Gasteiger partial charge < -0.3 is 15.5 Å². The lowest BCUT2D eigenvalue weighted by molar-refractivity contribution is 0.137. The molecule has 3 nitrogen and oxygen atoms in total. The fraction of sp³-hybridized carbons (Fsp3) is 0.647. The Kier molecular flexibility index (Phi) is 6.02. The summed E-state index contributed by atoms with van der Waals surface area (Å²) in [7, 11) is 2.20. The Labute approximate surface area is 123 Å². The molecule has 112 valence electrons. The van der Waals surface area contributed by atoms with E-state index < -0.39 is 0 Å². The molecule has 0 radical (unpaired) electrons. The van der Waals surface area contributed by atoms with Crippen molar-refractivity contribution in [1.82, 2.24) is 9.80 Å². The molecule has 1 heterocycles. The van der Waals surface area contributed by atoms with Crippen LogP contribution in [0.15, 0.2) is 24.3 Å². The van der Waals surface area contributed by atoms with E-state index in [1.807, 2.05) is 0 Å². The molecular weight excluding hydrogens is 246 g/mol. The van der Waals surface area contributed by atoms with Crippen LogP contribution in [0.2, 0.25) is 0 Å². The molecule has 1 aromatic carbocycles. The van der Waals surface area contributed by atoms with Crippen molar-refractivity contribution in [2.45, 2.75) is 19.8 Å². The number of aryl methyl sites for hydroxylation is 1.